The Bertz CT molecular complexity index is 1480. The van der Waals surface area contributed by atoms with Crippen LogP contribution in [0, 0.1) is 6.92 Å². The van der Waals surface area contributed by atoms with Crippen LogP contribution in [-0.2, 0) is 0 Å². The number of anilines is 2. The maximum absolute atomic E-state index is 13.0. The Morgan fingerprint density at radius 2 is 1.58 bits per heavy atom. The Balaban J connectivity index is 1.32. The van der Waals surface area contributed by atoms with Crippen LogP contribution in [0.5, 0.6) is 11.5 Å². The van der Waals surface area contributed by atoms with E-state index in [1.54, 1.807) is 61.5 Å². The van der Waals surface area contributed by atoms with E-state index in [-0.39, 0.29) is 11.8 Å². The zero-order valence-corrected chi connectivity index (χ0v) is 19.9. The monoisotopic (exact) mass is 483 g/mol. The Labute approximate surface area is 207 Å². The van der Waals surface area contributed by atoms with Crippen molar-refractivity contribution in [2.75, 3.05) is 23.8 Å². The molecule has 1 unspecified atom stereocenters. The van der Waals surface area contributed by atoms with Crippen LogP contribution < -0.4 is 20.1 Å². The number of carbonyl (C=O) groups is 2. The van der Waals surface area contributed by atoms with Crippen molar-refractivity contribution >= 4 is 34.1 Å². The van der Waals surface area contributed by atoms with E-state index in [4.69, 9.17) is 9.47 Å². The molecule has 0 saturated heterocycles. The molecule has 4 aromatic rings. The largest absolute Gasteiger partial charge is 0.486 e. The third-order valence-corrected chi connectivity index (χ3v) is 5.95. The van der Waals surface area contributed by atoms with Crippen LogP contribution in [0.15, 0.2) is 66.7 Å². The molecule has 3 N–H and O–H groups in total. The highest BCUT2D eigenvalue weighted by Crippen LogP contribution is 2.31. The number of aromatic nitrogens is 1. The minimum absolute atomic E-state index is 0.282. The van der Waals surface area contributed by atoms with Crippen LogP contribution in [0.2, 0.25) is 0 Å². The number of hydrogen-bond donors (Lipinski definition) is 3. The number of amides is 2. The summed E-state index contributed by atoms with van der Waals surface area (Å²) in [5, 5.41) is 16.3. The molecule has 1 aliphatic rings. The van der Waals surface area contributed by atoms with E-state index in [1.165, 1.54) is 0 Å². The van der Waals surface area contributed by atoms with Gasteiger partial charge in [0.1, 0.15) is 13.2 Å². The first-order valence-electron chi connectivity index (χ1n) is 11.6. The minimum Gasteiger partial charge on any atom is -0.486 e. The van der Waals surface area contributed by atoms with Gasteiger partial charge in [-0.15, -0.1) is 0 Å². The fourth-order valence-corrected chi connectivity index (χ4v) is 3.93. The minimum atomic E-state index is -0.664. The van der Waals surface area contributed by atoms with Gasteiger partial charge < -0.3 is 25.2 Å². The zero-order chi connectivity index (χ0) is 25.2. The summed E-state index contributed by atoms with van der Waals surface area (Å²) in [6.45, 7) is 4.46. The number of benzene rings is 3. The molecule has 0 radical (unpaired) electrons. The normalized spacial score (nSPS) is 13.2. The predicted molar refractivity (Wildman–Crippen MR) is 137 cm³/mol. The first-order valence-corrected chi connectivity index (χ1v) is 11.6. The van der Waals surface area contributed by atoms with E-state index < -0.39 is 6.10 Å². The summed E-state index contributed by atoms with van der Waals surface area (Å²) in [7, 11) is 0. The molecule has 1 aromatic heterocycles. The third kappa shape index (κ3) is 4.85. The fraction of sp³-hybridized carbons (Fsp3) is 0.179. The quantitative estimate of drug-likeness (QED) is 0.374. The molecule has 0 bridgehead atoms. The van der Waals surface area contributed by atoms with Gasteiger partial charge in [0.25, 0.3) is 11.8 Å². The van der Waals surface area contributed by atoms with E-state index in [0.717, 1.165) is 10.9 Å². The third-order valence-electron chi connectivity index (χ3n) is 5.95. The fourth-order valence-electron chi connectivity index (χ4n) is 3.93. The summed E-state index contributed by atoms with van der Waals surface area (Å²) < 4.78 is 11.1. The van der Waals surface area contributed by atoms with E-state index in [0.29, 0.717) is 58.4 Å². The first kappa shape index (κ1) is 23.3. The summed E-state index contributed by atoms with van der Waals surface area (Å²) in [5.41, 5.74) is 4.17. The highest BCUT2D eigenvalue weighted by Gasteiger charge is 2.16. The number of hydrogen-bond acceptors (Lipinski definition) is 6. The second kappa shape index (κ2) is 9.67. The SMILES string of the molecule is Cc1ccc(NC(=O)c2ccc3c(c2)OCCO3)cc1NC(=O)c1ccc2nc(C(C)O)ccc2c1. The standard InChI is InChI=1S/C28H25N3O5/c1-16-3-7-21(29-27(33)20-6-10-25-26(14-20)36-12-11-35-25)15-24(16)31-28(34)19-5-9-23-18(13-19)4-8-22(30-23)17(2)32/h3-10,13-15,17,32H,11-12H2,1-2H3,(H,29,33)(H,31,34). The number of aryl methyl sites for hydroxylation is 1. The lowest BCUT2D eigenvalue weighted by Gasteiger charge is -2.18. The van der Waals surface area contributed by atoms with Gasteiger partial charge in [0.05, 0.1) is 17.3 Å². The molecule has 182 valence electrons. The number of ether oxygens (including phenoxy) is 2. The topological polar surface area (TPSA) is 110 Å². The van der Waals surface area contributed by atoms with Crippen molar-refractivity contribution in [2.24, 2.45) is 0 Å². The van der Waals surface area contributed by atoms with Gasteiger partial charge in [-0.1, -0.05) is 12.1 Å². The second-order valence-electron chi connectivity index (χ2n) is 8.62. The van der Waals surface area contributed by atoms with Crippen LogP contribution >= 0.6 is 0 Å². The predicted octanol–water partition coefficient (Wildman–Crippen LogP) is 4.87. The number of nitrogens with zero attached hydrogens (tertiary/aromatic N) is 1. The van der Waals surface area contributed by atoms with Crippen molar-refractivity contribution in [1.82, 2.24) is 4.98 Å². The smallest absolute Gasteiger partial charge is 0.255 e. The number of fused-ring (bicyclic) bond motifs is 2. The van der Waals surface area contributed by atoms with Gasteiger partial charge in [-0.05, 0) is 74.0 Å². The van der Waals surface area contributed by atoms with Crippen LogP contribution in [0.25, 0.3) is 10.9 Å². The summed E-state index contributed by atoms with van der Waals surface area (Å²) in [5.74, 6) is 0.575. The Morgan fingerprint density at radius 3 is 2.39 bits per heavy atom. The van der Waals surface area contributed by atoms with E-state index in [2.05, 4.69) is 15.6 Å². The number of pyridine rings is 1. The molecule has 36 heavy (non-hydrogen) atoms. The summed E-state index contributed by atoms with van der Waals surface area (Å²) >= 11 is 0. The molecule has 1 aliphatic heterocycles. The van der Waals surface area contributed by atoms with Crippen LogP contribution in [0.3, 0.4) is 0 Å². The molecule has 1 atom stereocenters. The first-order chi connectivity index (χ1) is 17.4. The molecule has 2 heterocycles. The summed E-state index contributed by atoms with van der Waals surface area (Å²) in [6.07, 6.45) is -0.664. The van der Waals surface area contributed by atoms with Gasteiger partial charge in [-0.3, -0.25) is 14.6 Å². The van der Waals surface area contributed by atoms with Crippen molar-refractivity contribution in [1.29, 1.82) is 0 Å². The van der Waals surface area contributed by atoms with Gasteiger partial charge in [0, 0.05) is 27.9 Å². The van der Waals surface area contributed by atoms with Gasteiger partial charge >= 0.3 is 0 Å². The lowest BCUT2D eigenvalue weighted by Crippen LogP contribution is -2.17. The molecule has 3 aromatic carbocycles. The zero-order valence-electron chi connectivity index (χ0n) is 19.9. The summed E-state index contributed by atoms with van der Waals surface area (Å²) in [4.78, 5) is 30.2. The average Bonchev–Trinajstić information content (AvgIpc) is 2.89. The van der Waals surface area contributed by atoms with Crippen LogP contribution in [0.4, 0.5) is 11.4 Å². The van der Waals surface area contributed by atoms with Gasteiger partial charge in [-0.2, -0.15) is 0 Å². The molecule has 5 rings (SSSR count). The molecule has 0 spiro atoms. The highest BCUT2D eigenvalue weighted by atomic mass is 16.6. The molecule has 2 amide bonds. The molecule has 8 heteroatoms. The molecule has 8 nitrogen and oxygen atoms in total. The van der Waals surface area contributed by atoms with Crippen molar-refractivity contribution in [2.45, 2.75) is 20.0 Å². The lowest BCUT2D eigenvalue weighted by atomic mass is 10.1. The Kier molecular flexibility index (Phi) is 6.26. The maximum atomic E-state index is 13.0. The number of rotatable bonds is 5. The number of aliphatic hydroxyl groups excluding tert-OH is 1. The number of nitrogens with one attached hydrogen (secondary N) is 2. The van der Waals surface area contributed by atoms with Crippen LogP contribution in [-0.4, -0.2) is 35.1 Å². The average molecular weight is 484 g/mol. The molecular weight excluding hydrogens is 458 g/mol. The summed E-state index contributed by atoms with van der Waals surface area (Å²) in [6, 6.07) is 19.2. The van der Waals surface area contributed by atoms with Gasteiger partial charge in [-0.25, -0.2) is 0 Å². The Hall–Kier alpha value is -4.43. The van der Waals surface area contributed by atoms with Crippen molar-refractivity contribution in [3.05, 3.63) is 89.1 Å². The number of aliphatic hydroxyl groups is 1. The molecule has 0 saturated carbocycles. The molecular formula is C28H25N3O5. The van der Waals surface area contributed by atoms with E-state index in [9.17, 15) is 14.7 Å². The van der Waals surface area contributed by atoms with Gasteiger partial charge in [0.15, 0.2) is 11.5 Å². The molecule has 0 fully saturated rings. The van der Waals surface area contributed by atoms with Crippen molar-refractivity contribution < 1.29 is 24.2 Å². The maximum Gasteiger partial charge on any atom is 0.255 e. The second-order valence-corrected chi connectivity index (χ2v) is 8.62. The Morgan fingerprint density at radius 1 is 0.861 bits per heavy atom. The van der Waals surface area contributed by atoms with Crippen molar-refractivity contribution in [3.63, 3.8) is 0 Å². The highest BCUT2D eigenvalue weighted by molar-refractivity contribution is 6.08. The number of carbonyl (C=O) groups excluding carboxylic acids is 2. The van der Waals surface area contributed by atoms with Crippen molar-refractivity contribution in [3.8, 4) is 11.5 Å². The van der Waals surface area contributed by atoms with Crippen LogP contribution in [0.1, 0.15) is 45.0 Å². The van der Waals surface area contributed by atoms with Gasteiger partial charge in [0.2, 0.25) is 0 Å². The molecule has 0 aliphatic carbocycles. The van der Waals surface area contributed by atoms with E-state index >= 15 is 0 Å². The van der Waals surface area contributed by atoms with E-state index in [1.807, 2.05) is 19.1 Å². The lowest BCUT2D eigenvalue weighted by molar-refractivity contribution is 0.101.